The fourth-order valence-corrected chi connectivity index (χ4v) is 2.19. The zero-order valence-corrected chi connectivity index (χ0v) is 10.8. The van der Waals surface area contributed by atoms with Crippen molar-refractivity contribution in [3.05, 3.63) is 45.6 Å². The van der Waals surface area contributed by atoms with E-state index in [4.69, 9.17) is 11.6 Å². The molecule has 18 heavy (non-hydrogen) atoms. The predicted octanol–water partition coefficient (Wildman–Crippen LogP) is 1.56. The first kappa shape index (κ1) is 11.5. The summed E-state index contributed by atoms with van der Waals surface area (Å²) in [4.78, 5) is 20.4. The van der Waals surface area contributed by atoms with Gasteiger partial charge in [-0.2, -0.15) is 0 Å². The highest BCUT2D eigenvalue weighted by Gasteiger charge is 2.29. The summed E-state index contributed by atoms with van der Waals surface area (Å²) >= 11 is 5.87. The fourth-order valence-electron chi connectivity index (χ4n) is 2.01. The smallest absolute Gasteiger partial charge is 0.255 e. The third kappa shape index (κ3) is 2.06. The van der Waals surface area contributed by atoms with E-state index in [2.05, 4.69) is 9.97 Å². The molecule has 0 bridgehead atoms. The van der Waals surface area contributed by atoms with Crippen molar-refractivity contribution in [2.45, 2.75) is 25.3 Å². The average Bonchev–Trinajstić information content (AvgIpc) is 3.07. The van der Waals surface area contributed by atoms with Crippen LogP contribution in [-0.2, 0) is 13.6 Å². The van der Waals surface area contributed by atoms with Gasteiger partial charge in [0.25, 0.3) is 5.56 Å². The Hall–Kier alpha value is -1.62. The lowest BCUT2D eigenvalue weighted by atomic mass is 10.3. The molecule has 1 fully saturated rings. The Labute approximate surface area is 109 Å². The van der Waals surface area contributed by atoms with Crippen LogP contribution >= 0.6 is 11.6 Å². The van der Waals surface area contributed by atoms with Crippen molar-refractivity contribution in [1.82, 2.24) is 19.1 Å². The molecule has 2 heterocycles. The number of nitrogens with zero attached hydrogens (tertiary/aromatic N) is 4. The Morgan fingerprint density at radius 1 is 1.50 bits per heavy atom. The second kappa shape index (κ2) is 4.24. The van der Waals surface area contributed by atoms with E-state index in [-0.39, 0.29) is 10.7 Å². The van der Waals surface area contributed by atoms with Crippen molar-refractivity contribution < 1.29 is 0 Å². The number of imidazole rings is 1. The minimum atomic E-state index is -0.0990. The fraction of sp³-hybridized carbons (Fsp3) is 0.417. The summed E-state index contributed by atoms with van der Waals surface area (Å²) in [6.45, 7) is 0.491. The summed E-state index contributed by atoms with van der Waals surface area (Å²) < 4.78 is 3.60. The van der Waals surface area contributed by atoms with Crippen LogP contribution in [0.2, 0.25) is 5.15 Å². The van der Waals surface area contributed by atoms with Crippen LogP contribution in [0.3, 0.4) is 0 Å². The number of halogens is 1. The number of aromatic nitrogens is 4. The maximum Gasteiger partial charge on any atom is 0.255 e. The molecule has 0 atom stereocenters. The molecule has 0 saturated heterocycles. The molecule has 1 saturated carbocycles. The first-order valence-corrected chi connectivity index (χ1v) is 6.25. The quantitative estimate of drug-likeness (QED) is 0.791. The van der Waals surface area contributed by atoms with Gasteiger partial charge in [0, 0.05) is 25.2 Å². The van der Waals surface area contributed by atoms with Gasteiger partial charge < -0.3 is 4.57 Å². The van der Waals surface area contributed by atoms with E-state index in [1.165, 1.54) is 6.07 Å². The second-order valence-corrected chi connectivity index (χ2v) is 5.02. The molecule has 5 nitrogen and oxygen atoms in total. The standard InChI is InChI=1S/C12H13ClN4O/c1-16-7-14-5-9(16)6-17-11(18)4-10(13)15-12(17)8-2-3-8/h4-5,7-8H,2-3,6H2,1H3. The molecule has 1 aliphatic carbocycles. The highest BCUT2D eigenvalue weighted by Crippen LogP contribution is 2.38. The summed E-state index contributed by atoms with van der Waals surface area (Å²) in [7, 11) is 1.91. The van der Waals surface area contributed by atoms with Crippen molar-refractivity contribution in [2.75, 3.05) is 0 Å². The molecule has 0 spiro atoms. The first-order valence-electron chi connectivity index (χ1n) is 5.87. The van der Waals surface area contributed by atoms with Gasteiger partial charge in [-0.15, -0.1) is 0 Å². The minimum Gasteiger partial charge on any atom is -0.336 e. The van der Waals surface area contributed by atoms with Crippen LogP contribution in [-0.4, -0.2) is 19.1 Å². The Morgan fingerprint density at radius 2 is 2.28 bits per heavy atom. The molecular weight excluding hydrogens is 252 g/mol. The first-order chi connectivity index (χ1) is 8.65. The van der Waals surface area contributed by atoms with Gasteiger partial charge in [-0.25, -0.2) is 9.97 Å². The Bertz CT molecular complexity index is 642. The van der Waals surface area contributed by atoms with Crippen LogP contribution in [0.5, 0.6) is 0 Å². The highest BCUT2D eigenvalue weighted by molar-refractivity contribution is 6.29. The van der Waals surface area contributed by atoms with Crippen molar-refractivity contribution >= 4 is 11.6 Å². The van der Waals surface area contributed by atoms with E-state index >= 15 is 0 Å². The van der Waals surface area contributed by atoms with Gasteiger partial charge >= 0.3 is 0 Å². The molecule has 3 rings (SSSR count). The average molecular weight is 265 g/mol. The lowest BCUT2D eigenvalue weighted by molar-refractivity contribution is 0.639. The lowest BCUT2D eigenvalue weighted by Gasteiger charge is -2.11. The molecule has 0 aromatic carbocycles. The molecule has 2 aromatic heterocycles. The largest absolute Gasteiger partial charge is 0.336 e. The summed E-state index contributed by atoms with van der Waals surface area (Å²) in [6.07, 6.45) is 5.65. The van der Waals surface area contributed by atoms with Crippen molar-refractivity contribution in [3.63, 3.8) is 0 Å². The summed E-state index contributed by atoms with van der Waals surface area (Å²) in [5, 5.41) is 0.281. The molecule has 6 heteroatoms. The summed E-state index contributed by atoms with van der Waals surface area (Å²) in [5.74, 6) is 1.18. The van der Waals surface area contributed by atoms with Crippen LogP contribution in [0.25, 0.3) is 0 Å². The topological polar surface area (TPSA) is 52.7 Å². The van der Waals surface area contributed by atoms with E-state index in [0.29, 0.717) is 12.5 Å². The zero-order valence-electron chi connectivity index (χ0n) is 10.0. The van der Waals surface area contributed by atoms with Gasteiger partial charge in [0.05, 0.1) is 18.6 Å². The number of rotatable bonds is 3. The summed E-state index contributed by atoms with van der Waals surface area (Å²) in [5.41, 5.74) is 0.876. The number of hydrogen-bond acceptors (Lipinski definition) is 3. The Morgan fingerprint density at radius 3 is 2.89 bits per heavy atom. The SMILES string of the molecule is Cn1cncc1Cn1c(C2CC2)nc(Cl)cc1=O. The normalized spacial score (nSPS) is 15.0. The molecule has 1 aliphatic rings. The highest BCUT2D eigenvalue weighted by atomic mass is 35.5. The van der Waals surface area contributed by atoms with Gasteiger partial charge in [-0.3, -0.25) is 9.36 Å². The molecule has 0 amide bonds. The van der Waals surface area contributed by atoms with Crippen LogP contribution < -0.4 is 5.56 Å². The molecule has 0 radical (unpaired) electrons. The van der Waals surface area contributed by atoms with Crippen LogP contribution in [0, 0.1) is 0 Å². The van der Waals surface area contributed by atoms with Crippen LogP contribution in [0.15, 0.2) is 23.4 Å². The van der Waals surface area contributed by atoms with Crippen LogP contribution in [0.1, 0.15) is 30.3 Å². The van der Waals surface area contributed by atoms with E-state index in [1.807, 2.05) is 11.6 Å². The van der Waals surface area contributed by atoms with Crippen molar-refractivity contribution in [2.24, 2.45) is 7.05 Å². The van der Waals surface area contributed by atoms with Crippen molar-refractivity contribution in [3.8, 4) is 0 Å². The van der Waals surface area contributed by atoms with Gasteiger partial charge in [-0.05, 0) is 12.8 Å². The molecular formula is C12H13ClN4O. The maximum atomic E-state index is 12.0. The van der Waals surface area contributed by atoms with Gasteiger partial charge in [0.15, 0.2) is 0 Å². The maximum absolute atomic E-state index is 12.0. The van der Waals surface area contributed by atoms with Gasteiger partial charge in [0.1, 0.15) is 11.0 Å². The third-order valence-electron chi connectivity index (χ3n) is 3.19. The lowest BCUT2D eigenvalue weighted by Crippen LogP contribution is -2.25. The molecule has 0 N–H and O–H groups in total. The number of aryl methyl sites for hydroxylation is 1. The monoisotopic (exact) mass is 264 g/mol. The van der Waals surface area contributed by atoms with Crippen molar-refractivity contribution in [1.29, 1.82) is 0 Å². The Kier molecular flexibility index (Phi) is 2.70. The third-order valence-corrected chi connectivity index (χ3v) is 3.38. The van der Waals surface area contributed by atoms with Gasteiger partial charge in [0.2, 0.25) is 0 Å². The van der Waals surface area contributed by atoms with E-state index in [1.54, 1.807) is 17.1 Å². The molecule has 0 unspecified atom stereocenters. The second-order valence-electron chi connectivity index (χ2n) is 4.63. The molecule has 0 aliphatic heterocycles. The Balaban J connectivity index is 2.05. The van der Waals surface area contributed by atoms with Crippen LogP contribution in [0.4, 0.5) is 0 Å². The molecule has 2 aromatic rings. The predicted molar refractivity (Wildman–Crippen MR) is 67.8 cm³/mol. The number of hydrogen-bond donors (Lipinski definition) is 0. The summed E-state index contributed by atoms with van der Waals surface area (Å²) in [6, 6.07) is 1.36. The molecule has 94 valence electrons. The van der Waals surface area contributed by atoms with Gasteiger partial charge in [-0.1, -0.05) is 11.6 Å². The van der Waals surface area contributed by atoms with E-state index in [0.717, 1.165) is 24.4 Å². The van der Waals surface area contributed by atoms with E-state index in [9.17, 15) is 4.79 Å². The minimum absolute atomic E-state index is 0.0990. The van der Waals surface area contributed by atoms with E-state index < -0.39 is 0 Å². The zero-order chi connectivity index (χ0) is 12.7.